The molecular weight excluding hydrogens is 259 g/mol. The summed E-state index contributed by atoms with van der Waals surface area (Å²) < 4.78 is 7.00. The van der Waals surface area contributed by atoms with E-state index in [2.05, 4.69) is 32.4 Å². The molecule has 1 heterocycles. The predicted molar refractivity (Wildman–Crippen MR) is 47.0 cm³/mol. The maximum Gasteiger partial charge on any atom is 0.327 e. The van der Waals surface area contributed by atoms with Gasteiger partial charge in [-0.3, -0.25) is 9.48 Å². The third-order valence-electron chi connectivity index (χ3n) is 1.12. The maximum atomic E-state index is 10.7. The van der Waals surface area contributed by atoms with Gasteiger partial charge in [0.2, 0.25) is 0 Å². The number of nitrogens with zero attached hydrogens (tertiary/aromatic N) is 2. The van der Waals surface area contributed by atoms with Gasteiger partial charge in [-0.15, -0.1) is 0 Å². The van der Waals surface area contributed by atoms with Gasteiger partial charge in [0.25, 0.3) is 0 Å². The Morgan fingerprint density at radius 1 is 1.91 bits per heavy atom. The summed E-state index contributed by atoms with van der Waals surface area (Å²) in [5.41, 5.74) is 0. The number of hydrogen-bond donors (Lipinski definition) is 0. The molecule has 0 unspecified atom stereocenters. The van der Waals surface area contributed by atoms with Gasteiger partial charge in [-0.05, 0) is 22.6 Å². The summed E-state index contributed by atoms with van der Waals surface area (Å²) in [6.07, 6.45) is 3.46. The second-order valence-electron chi connectivity index (χ2n) is 1.93. The van der Waals surface area contributed by atoms with E-state index in [4.69, 9.17) is 0 Å². The largest absolute Gasteiger partial charge is 0.468 e. The van der Waals surface area contributed by atoms with Crippen LogP contribution in [0.5, 0.6) is 0 Å². The Morgan fingerprint density at radius 2 is 2.64 bits per heavy atom. The minimum atomic E-state index is -0.287. The number of carbonyl (C=O) groups excluding carboxylic acids is 1. The lowest BCUT2D eigenvalue weighted by Gasteiger charge is -1.97. The Bertz CT molecular complexity index is 259. The monoisotopic (exact) mass is 266 g/mol. The minimum Gasteiger partial charge on any atom is -0.468 e. The van der Waals surface area contributed by atoms with Gasteiger partial charge in [0.15, 0.2) is 0 Å². The highest BCUT2D eigenvalue weighted by Crippen LogP contribution is 2.00. The second kappa shape index (κ2) is 3.70. The molecule has 5 heteroatoms. The smallest absolute Gasteiger partial charge is 0.327 e. The molecule has 11 heavy (non-hydrogen) atoms. The van der Waals surface area contributed by atoms with Crippen LogP contribution in [0.3, 0.4) is 0 Å². The van der Waals surface area contributed by atoms with Crippen molar-refractivity contribution in [2.24, 2.45) is 0 Å². The van der Waals surface area contributed by atoms with Crippen molar-refractivity contribution >= 4 is 28.6 Å². The Morgan fingerprint density at radius 3 is 3.09 bits per heavy atom. The molecule has 0 saturated carbocycles. The van der Waals surface area contributed by atoms with Crippen LogP contribution in [0.25, 0.3) is 0 Å². The lowest BCUT2D eigenvalue weighted by Crippen LogP contribution is -2.11. The molecule has 1 aromatic heterocycles. The highest BCUT2D eigenvalue weighted by molar-refractivity contribution is 14.1. The quantitative estimate of drug-likeness (QED) is 0.583. The molecule has 1 aromatic rings. The Hall–Kier alpha value is -0.590. The van der Waals surface area contributed by atoms with Crippen LogP contribution in [-0.4, -0.2) is 22.9 Å². The van der Waals surface area contributed by atoms with E-state index in [1.54, 1.807) is 12.4 Å². The molecular formula is C6H7IN2O2. The first kappa shape index (κ1) is 8.51. The first-order valence-corrected chi connectivity index (χ1v) is 4.05. The third-order valence-corrected chi connectivity index (χ3v) is 1.68. The topological polar surface area (TPSA) is 44.1 Å². The van der Waals surface area contributed by atoms with Crippen LogP contribution in [-0.2, 0) is 16.1 Å². The molecule has 0 fully saturated rings. The van der Waals surface area contributed by atoms with Crippen LogP contribution >= 0.6 is 22.6 Å². The summed E-state index contributed by atoms with van der Waals surface area (Å²) in [7, 11) is 1.36. The molecule has 0 radical (unpaired) electrons. The molecule has 0 aliphatic carbocycles. The second-order valence-corrected chi connectivity index (χ2v) is 3.18. The van der Waals surface area contributed by atoms with E-state index in [0.29, 0.717) is 0 Å². The van der Waals surface area contributed by atoms with Crippen LogP contribution in [0.4, 0.5) is 0 Å². The van der Waals surface area contributed by atoms with Gasteiger partial charge in [-0.2, -0.15) is 5.10 Å². The van der Waals surface area contributed by atoms with E-state index >= 15 is 0 Å². The van der Waals surface area contributed by atoms with Gasteiger partial charge < -0.3 is 4.74 Å². The molecule has 0 N–H and O–H groups in total. The summed E-state index contributed by atoms with van der Waals surface area (Å²) >= 11 is 2.12. The van der Waals surface area contributed by atoms with E-state index in [-0.39, 0.29) is 12.5 Å². The van der Waals surface area contributed by atoms with Crippen LogP contribution in [0.2, 0.25) is 0 Å². The number of aromatic nitrogens is 2. The van der Waals surface area contributed by atoms with Crippen LogP contribution in [0.1, 0.15) is 0 Å². The summed E-state index contributed by atoms with van der Waals surface area (Å²) in [6.45, 7) is 0.180. The van der Waals surface area contributed by atoms with E-state index in [9.17, 15) is 4.79 Å². The minimum absolute atomic E-state index is 0.180. The van der Waals surface area contributed by atoms with E-state index < -0.39 is 0 Å². The molecule has 1 rings (SSSR count). The highest BCUT2D eigenvalue weighted by atomic mass is 127. The van der Waals surface area contributed by atoms with Crippen molar-refractivity contribution in [1.82, 2.24) is 9.78 Å². The van der Waals surface area contributed by atoms with Crippen LogP contribution < -0.4 is 0 Å². The zero-order valence-corrected chi connectivity index (χ0v) is 8.11. The number of methoxy groups -OCH3 is 1. The molecule has 0 aliphatic heterocycles. The Kier molecular flexibility index (Phi) is 2.86. The maximum absolute atomic E-state index is 10.7. The van der Waals surface area contributed by atoms with Crippen molar-refractivity contribution in [2.75, 3.05) is 7.11 Å². The van der Waals surface area contributed by atoms with Crippen LogP contribution in [0.15, 0.2) is 12.4 Å². The van der Waals surface area contributed by atoms with Crippen molar-refractivity contribution in [1.29, 1.82) is 0 Å². The Labute approximate surface area is 77.7 Å². The van der Waals surface area contributed by atoms with Gasteiger partial charge in [0.1, 0.15) is 6.54 Å². The average molecular weight is 266 g/mol. The molecule has 4 nitrogen and oxygen atoms in total. The number of hydrogen-bond acceptors (Lipinski definition) is 3. The molecule has 0 spiro atoms. The van der Waals surface area contributed by atoms with Gasteiger partial charge in [0, 0.05) is 6.20 Å². The number of esters is 1. The average Bonchev–Trinajstić information content (AvgIpc) is 2.35. The van der Waals surface area contributed by atoms with Crippen molar-refractivity contribution in [3.8, 4) is 0 Å². The Balaban J connectivity index is 2.57. The van der Waals surface area contributed by atoms with Crippen LogP contribution in [0, 0.1) is 3.57 Å². The lowest BCUT2D eigenvalue weighted by molar-refractivity contribution is -0.141. The van der Waals surface area contributed by atoms with E-state index in [0.717, 1.165) is 3.57 Å². The summed E-state index contributed by atoms with van der Waals surface area (Å²) in [6, 6.07) is 0. The summed E-state index contributed by atoms with van der Waals surface area (Å²) in [4.78, 5) is 10.7. The number of halogens is 1. The lowest BCUT2D eigenvalue weighted by atomic mass is 10.6. The summed E-state index contributed by atoms with van der Waals surface area (Å²) in [5, 5.41) is 3.91. The van der Waals surface area contributed by atoms with Gasteiger partial charge in [-0.25, -0.2) is 0 Å². The van der Waals surface area contributed by atoms with Crippen molar-refractivity contribution in [3.63, 3.8) is 0 Å². The van der Waals surface area contributed by atoms with Gasteiger partial charge >= 0.3 is 5.97 Å². The number of rotatable bonds is 2. The van der Waals surface area contributed by atoms with Crippen molar-refractivity contribution in [3.05, 3.63) is 16.0 Å². The molecule has 0 aromatic carbocycles. The van der Waals surface area contributed by atoms with E-state index in [1.807, 2.05) is 0 Å². The number of ether oxygens (including phenoxy) is 1. The fraction of sp³-hybridized carbons (Fsp3) is 0.333. The first-order chi connectivity index (χ1) is 5.22. The summed E-state index contributed by atoms with van der Waals surface area (Å²) in [5.74, 6) is -0.287. The molecule has 0 aliphatic rings. The molecule has 0 amide bonds. The zero-order valence-electron chi connectivity index (χ0n) is 5.95. The fourth-order valence-electron chi connectivity index (χ4n) is 0.622. The highest BCUT2D eigenvalue weighted by Gasteiger charge is 2.01. The molecule has 60 valence electrons. The first-order valence-electron chi connectivity index (χ1n) is 2.97. The van der Waals surface area contributed by atoms with Crippen molar-refractivity contribution < 1.29 is 9.53 Å². The SMILES string of the molecule is COC(=O)Cn1cc(I)cn1. The predicted octanol–water partition coefficient (Wildman–Crippen LogP) is 0.661. The molecule has 0 saturated heterocycles. The number of carbonyl (C=O) groups is 1. The fourth-order valence-corrected chi connectivity index (χ4v) is 1.07. The zero-order chi connectivity index (χ0) is 8.27. The normalized spacial score (nSPS) is 9.64. The van der Waals surface area contributed by atoms with Gasteiger partial charge in [0.05, 0.1) is 16.9 Å². The standard InChI is InChI=1S/C6H7IN2O2/c1-11-6(10)4-9-3-5(7)2-8-9/h2-3H,4H2,1H3. The van der Waals surface area contributed by atoms with Gasteiger partial charge in [-0.1, -0.05) is 0 Å². The van der Waals surface area contributed by atoms with E-state index in [1.165, 1.54) is 11.8 Å². The van der Waals surface area contributed by atoms with Crippen molar-refractivity contribution in [2.45, 2.75) is 6.54 Å². The third kappa shape index (κ3) is 2.49. The molecule has 0 bridgehead atoms. The molecule has 0 atom stereocenters.